The Morgan fingerprint density at radius 3 is 2.79 bits per heavy atom. The third-order valence-corrected chi connectivity index (χ3v) is 4.42. The number of nitrogens with zero attached hydrogens (tertiary/aromatic N) is 2. The maximum atomic E-state index is 12.0. The molecule has 0 aliphatic carbocycles. The Kier molecular flexibility index (Phi) is 5.86. The molecule has 2 rings (SSSR count). The molecular weight excluding hydrogens is 330 g/mol. The molecule has 1 aromatic heterocycles. The van der Waals surface area contributed by atoms with Crippen LogP contribution in [0.3, 0.4) is 0 Å². The molecule has 2 aromatic rings. The molecule has 0 spiro atoms. The highest BCUT2D eigenvalue weighted by atomic mass is 32.1. The average Bonchev–Trinajstić information content (AvgIpc) is 3.03. The lowest BCUT2D eigenvalue weighted by molar-refractivity contribution is -0.384. The highest BCUT2D eigenvalue weighted by molar-refractivity contribution is 7.09. The lowest BCUT2D eigenvalue weighted by Crippen LogP contribution is -2.31. The molecule has 128 valence electrons. The van der Waals surface area contributed by atoms with Crippen LogP contribution in [0.15, 0.2) is 29.6 Å². The first-order valence-electron chi connectivity index (χ1n) is 7.48. The summed E-state index contributed by atoms with van der Waals surface area (Å²) in [4.78, 5) is 26.7. The van der Waals surface area contributed by atoms with Crippen LogP contribution in [0.4, 0.5) is 5.69 Å². The second-order valence-corrected chi connectivity index (χ2v) is 6.49. The fourth-order valence-electron chi connectivity index (χ4n) is 1.96. The van der Waals surface area contributed by atoms with E-state index in [0.717, 1.165) is 10.7 Å². The molecule has 1 aromatic carbocycles. The fraction of sp³-hybridized carbons (Fsp3) is 0.375. The summed E-state index contributed by atoms with van der Waals surface area (Å²) in [6, 6.07) is 5.50. The molecule has 0 fully saturated rings. The molecule has 7 nitrogen and oxygen atoms in total. The minimum Gasteiger partial charge on any atom is -0.484 e. The summed E-state index contributed by atoms with van der Waals surface area (Å²) in [6.07, 6.45) is 0. The van der Waals surface area contributed by atoms with Gasteiger partial charge in [0.05, 0.1) is 27.7 Å². The second kappa shape index (κ2) is 7.87. The summed E-state index contributed by atoms with van der Waals surface area (Å²) < 4.78 is 5.30. The van der Waals surface area contributed by atoms with Crippen LogP contribution in [0.2, 0.25) is 0 Å². The monoisotopic (exact) mass is 349 g/mol. The Hall–Kier alpha value is -2.48. The van der Waals surface area contributed by atoms with Crippen LogP contribution in [-0.4, -0.2) is 22.4 Å². The van der Waals surface area contributed by atoms with Crippen LogP contribution in [0, 0.1) is 10.1 Å². The number of carbonyl (C=O) groups is 1. The SMILES string of the molecule is CC(C)c1nc(C(C)NC(=O)COc2cccc([N+](=O)[O-])c2)cs1. The number of benzene rings is 1. The van der Waals surface area contributed by atoms with E-state index in [4.69, 9.17) is 4.74 Å². The lowest BCUT2D eigenvalue weighted by Gasteiger charge is -2.12. The molecule has 1 N–H and O–H groups in total. The van der Waals surface area contributed by atoms with E-state index in [2.05, 4.69) is 24.1 Å². The third kappa shape index (κ3) is 4.76. The van der Waals surface area contributed by atoms with Gasteiger partial charge in [-0.25, -0.2) is 4.98 Å². The predicted octanol–water partition coefficient (Wildman–Crippen LogP) is 3.43. The van der Waals surface area contributed by atoms with Crippen LogP contribution in [-0.2, 0) is 4.79 Å². The van der Waals surface area contributed by atoms with Gasteiger partial charge in [-0.2, -0.15) is 0 Å². The van der Waals surface area contributed by atoms with E-state index in [-0.39, 0.29) is 30.0 Å². The first-order valence-corrected chi connectivity index (χ1v) is 8.36. The molecule has 0 aliphatic heterocycles. The minimum atomic E-state index is -0.510. The van der Waals surface area contributed by atoms with Crippen molar-refractivity contribution in [2.75, 3.05) is 6.61 Å². The van der Waals surface area contributed by atoms with Gasteiger partial charge in [-0.05, 0) is 13.0 Å². The van der Waals surface area contributed by atoms with Crippen LogP contribution in [0.1, 0.15) is 43.4 Å². The zero-order valence-electron chi connectivity index (χ0n) is 13.7. The number of ether oxygens (including phenoxy) is 1. The molecule has 0 bridgehead atoms. The third-order valence-electron chi connectivity index (χ3n) is 3.25. The van der Waals surface area contributed by atoms with Crippen molar-refractivity contribution in [2.24, 2.45) is 0 Å². The number of thiazole rings is 1. The summed E-state index contributed by atoms with van der Waals surface area (Å²) in [6.45, 7) is 5.77. The number of amides is 1. The highest BCUT2D eigenvalue weighted by Crippen LogP contribution is 2.23. The van der Waals surface area contributed by atoms with Crippen molar-refractivity contribution in [2.45, 2.75) is 32.7 Å². The van der Waals surface area contributed by atoms with E-state index in [1.807, 2.05) is 12.3 Å². The van der Waals surface area contributed by atoms with Gasteiger partial charge in [0.2, 0.25) is 0 Å². The molecule has 0 radical (unpaired) electrons. The second-order valence-electron chi connectivity index (χ2n) is 5.60. The zero-order valence-corrected chi connectivity index (χ0v) is 14.5. The van der Waals surface area contributed by atoms with Crippen molar-refractivity contribution in [3.8, 4) is 5.75 Å². The topological polar surface area (TPSA) is 94.4 Å². The summed E-state index contributed by atoms with van der Waals surface area (Å²) in [5.74, 6) is 0.319. The van der Waals surface area contributed by atoms with Gasteiger partial charge < -0.3 is 10.1 Å². The van der Waals surface area contributed by atoms with Gasteiger partial charge in [-0.3, -0.25) is 14.9 Å². The van der Waals surface area contributed by atoms with Gasteiger partial charge in [0.15, 0.2) is 6.61 Å². The normalized spacial score (nSPS) is 12.0. The number of hydrogen-bond donors (Lipinski definition) is 1. The number of rotatable bonds is 7. The molecular formula is C16H19N3O4S. The van der Waals surface area contributed by atoms with E-state index in [0.29, 0.717) is 5.92 Å². The number of aromatic nitrogens is 1. The van der Waals surface area contributed by atoms with E-state index in [1.54, 1.807) is 17.4 Å². The van der Waals surface area contributed by atoms with E-state index < -0.39 is 4.92 Å². The number of nitro groups is 1. The number of hydrogen-bond acceptors (Lipinski definition) is 6. The van der Waals surface area contributed by atoms with Crippen molar-refractivity contribution in [1.82, 2.24) is 10.3 Å². The maximum Gasteiger partial charge on any atom is 0.273 e. The van der Waals surface area contributed by atoms with Crippen LogP contribution in [0.25, 0.3) is 0 Å². The maximum absolute atomic E-state index is 12.0. The van der Waals surface area contributed by atoms with Crippen molar-refractivity contribution >= 4 is 22.9 Å². The number of nitro benzene ring substituents is 1. The molecule has 1 atom stereocenters. The van der Waals surface area contributed by atoms with Gasteiger partial charge in [-0.1, -0.05) is 19.9 Å². The summed E-state index contributed by atoms with van der Waals surface area (Å²) in [7, 11) is 0. The molecule has 0 saturated carbocycles. The Morgan fingerprint density at radius 2 is 2.17 bits per heavy atom. The van der Waals surface area contributed by atoms with Gasteiger partial charge >= 0.3 is 0 Å². The largest absolute Gasteiger partial charge is 0.484 e. The molecule has 8 heteroatoms. The van der Waals surface area contributed by atoms with Crippen LogP contribution >= 0.6 is 11.3 Å². The number of carbonyl (C=O) groups excluding carboxylic acids is 1. The molecule has 0 saturated heterocycles. The molecule has 24 heavy (non-hydrogen) atoms. The Bertz CT molecular complexity index is 730. The molecule has 1 amide bonds. The zero-order chi connectivity index (χ0) is 17.7. The first kappa shape index (κ1) is 17.9. The molecule has 1 unspecified atom stereocenters. The summed E-state index contributed by atoms with van der Waals surface area (Å²) >= 11 is 1.57. The number of nitrogens with one attached hydrogen (secondary N) is 1. The summed E-state index contributed by atoms with van der Waals surface area (Å²) in [5, 5.41) is 16.5. The average molecular weight is 349 g/mol. The minimum absolute atomic E-state index is 0.0787. The van der Waals surface area contributed by atoms with E-state index in [1.165, 1.54) is 18.2 Å². The van der Waals surface area contributed by atoms with Gasteiger partial charge in [0.1, 0.15) is 5.75 Å². The first-order chi connectivity index (χ1) is 11.4. The molecule has 1 heterocycles. The molecule has 0 aliphatic rings. The van der Waals surface area contributed by atoms with Gasteiger partial charge in [-0.15, -0.1) is 11.3 Å². The van der Waals surface area contributed by atoms with Crippen LogP contribution < -0.4 is 10.1 Å². The van der Waals surface area contributed by atoms with Crippen LogP contribution in [0.5, 0.6) is 5.75 Å². The van der Waals surface area contributed by atoms with Crippen molar-refractivity contribution in [3.63, 3.8) is 0 Å². The smallest absolute Gasteiger partial charge is 0.273 e. The van der Waals surface area contributed by atoms with Crippen molar-refractivity contribution < 1.29 is 14.5 Å². The van der Waals surface area contributed by atoms with Crippen molar-refractivity contribution in [3.05, 3.63) is 50.5 Å². The van der Waals surface area contributed by atoms with Gasteiger partial charge in [0, 0.05) is 17.4 Å². The number of non-ortho nitro benzene ring substituents is 1. The van der Waals surface area contributed by atoms with E-state index in [9.17, 15) is 14.9 Å². The van der Waals surface area contributed by atoms with Gasteiger partial charge in [0.25, 0.3) is 11.6 Å². The lowest BCUT2D eigenvalue weighted by atomic mass is 10.2. The summed E-state index contributed by atoms with van der Waals surface area (Å²) in [5.41, 5.74) is 0.734. The Balaban J connectivity index is 1.88. The quantitative estimate of drug-likeness (QED) is 0.610. The van der Waals surface area contributed by atoms with Crippen molar-refractivity contribution in [1.29, 1.82) is 0 Å². The van der Waals surface area contributed by atoms with E-state index >= 15 is 0 Å². The fourth-order valence-corrected chi connectivity index (χ4v) is 2.89. The Labute approximate surface area is 143 Å². The highest BCUT2D eigenvalue weighted by Gasteiger charge is 2.15. The Morgan fingerprint density at radius 1 is 1.42 bits per heavy atom. The standard InChI is InChI=1S/C16H19N3O4S/c1-10(2)16-18-14(9-24-16)11(3)17-15(20)8-23-13-6-4-5-12(7-13)19(21)22/h4-7,9-11H,8H2,1-3H3,(H,17,20). The predicted molar refractivity (Wildman–Crippen MR) is 91.4 cm³/mol.